The number of hydrogen-bond donors (Lipinski definition) is 3. The molecule has 0 radical (unpaired) electrons. The fraction of sp³-hybridized carbons (Fsp3) is 0.394. The van der Waals surface area contributed by atoms with Gasteiger partial charge in [-0.3, -0.25) is 14.4 Å². The Kier molecular flexibility index (Phi) is 9.81. The van der Waals surface area contributed by atoms with E-state index >= 15 is 0 Å². The summed E-state index contributed by atoms with van der Waals surface area (Å²) in [5.74, 6) is 0.232. The fourth-order valence-electron chi connectivity index (χ4n) is 5.40. The zero-order chi connectivity index (χ0) is 30.3. The molecule has 226 valence electrons. The molecule has 0 spiro atoms. The highest BCUT2D eigenvalue weighted by Crippen LogP contribution is 2.29. The van der Waals surface area contributed by atoms with Crippen LogP contribution in [0.5, 0.6) is 0 Å². The number of aromatic nitrogens is 3. The SMILES string of the molecule is CCc1ccc(-n2cc(C(=O)NOC(C)C)c(=O)c3cnc(Nc4ccc(C5CCN(CCCO)CC5)cc4)nc32)cc1. The number of nitrogens with one attached hydrogen (secondary N) is 2. The van der Waals surface area contributed by atoms with Crippen molar-refractivity contribution in [3.05, 3.63) is 87.8 Å². The van der Waals surface area contributed by atoms with Gasteiger partial charge >= 0.3 is 0 Å². The number of nitrogens with zero attached hydrogens (tertiary/aromatic N) is 4. The van der Waals surface area contributed by atoms with Gasteiger partial charge < -0.3 is 19.9 Å². The third kappa shape index (κ3) is 7.27. The summed E-state index contributed by atoms with van der Waals surface area (Å²) in [7, 11) is 0. The summed E-state index contributed by atoms with van der Waals surface area (Å²) in [6, 6.07) is 16.3. The number of carbonyl (C=O) groups excluding carboxylic acids is 1. The highest BCUT2D eigenvalue weighted by Gasteiger charge is 2.21. The van der Waals surface area contributed by atoms with Crippen LogP contribution in [-0.2, 0) is 11.3 Å². The van der Waals surface area contributed by atoms with Crippen LogP contribution in [-0.4, -0.2) is 62.8 Å². The molecule has 10 nitrogen and oxygen atoms in total. The Labute approximate surface area is 251 Å². The van der Waals surface area contributed by atoms with Gasteiger partial charge in [0.05, 0.1) is 11.5 Å². The van der Waals surface area contributed by atoms with E-state index in [1.54, 1.807) is 18.4 Å². The number of benzene rings is 2. The maximum Gasteiger partial charge on any atom is 0.280 e. The normalized spacial score (nSPS) is 14.3. The molecule has 1 aliphatic heterocycles. The molecule has 1 aliphatic rings. The second-order valence-electron chi connectivity index (χ2n) is 11.2. The summed E-state index contributed by atoms with van der Waals surface area (Å²) in [6.45, 7) is 8.95. The van der Waals surface area contributed by atoms with Crippen molar-refractivity contribution in [1.29, 1.82) is 0 Å². The summed E-state index contributed by atoms with van der Waals surface area (Å²) < 4.78 is 1.74. The smallest absolute Gasteiger partial charge is 0.280 e. The van der Waals surface area contributed by atoms with E-state index < -0.39 is 11.3 Å². The first-order valence-electron chi connectivity index (χ1n) is 15.0. The van der Waals surface area contributed by atoms with Crippen molar-refractivity contribution in [2.45, 2.75) is 58.5 Å². The van der Waals surface area contributed by atoms with Gasteiger partial charge in [0.25, 0.3) is 5.91 Å². The highest BCUT2D eigenvalue weighted by molar-refractivity contribution is 5.96. The van der Waals surface area contributed by atoms with Gasteiger partial charge in [-0.2, -0.15) is 4.98 Å². The van der Waals surface area contributed by atoms with Crippen molar-refractivity contribution < 1.29 is 14.7 Å². The molecule has 4 aromatic rings. The van der Waals surface area contributed by atoms with Gasteiger partial charge in [0.1, 0.15) is 5.56 Å². The Bertz CT molecular complexity index is 1590. The number of hydroxylamine groups is 1. The maximum atomic E-state index is 13.4. The topological polar surface area (TPSA) is 122 Å². The molecule has 0 aliphatic carbocycles. The minimum absolute atomic E-state index is 0.0631. The van der Waals surface area contributed by atoms with E-state index in [4.69, 9.17) is 14.9 Å². The summed E-state index contributed by atoms with van der Waals surface area (Å²) in [5.41, 5.74) is 6.30. The molecule has 0 bridgehead atoms. The zero-order valence-electron chi connectivity index (χ0n) is 25.0. The van der Waals surface area contributed by atoms with Crippen LogP contribution in [0.3, 0.4) is 0 Å². The predicted octanol–water partition coefficient (Wildman–Crippen LogP) is 4.72. The van der Waals surface area contributed by atoms with E-state index in [0.29, 0.717) is 17.5 Å². The molecular weight excluding hydrogens is 544 g/mol. The number of piperidine rings is 1. The van der Waals surface area contributed by atoms with Gasteiger partial charge in [-0.05, 0) is 93.9 Å². The lowest BCUT2D eigenvalue weighted by molar-refractivity contribution is 0.0000943. The van der Waals surface area contributed by atoms with Crippen molar-refractivity contribution >= 4 is 28.6 Å². The first-order chi connectivity index (χ1) is 20.9. The van der Waals surface area contributed by atoms with Crippen LogP contribution in [0.2, 0.25) is 0 Å². The number of anilines is 2. The van der Waals surface area contributed by atoms with Crippen molar-refractivity contribution in [3.8, 4) is 5.69 Å². The number of likely N-dealkylation sites (tertiary alicyclic amines) is 1. The second kappa shape index (κ2) is 13.9. The quantitative estimate of drug-likeness (QED) is 0.217. The van der Waals surface area contributed by atoms with Crippen LogP contribution in [0.15, 0.2) is 65.7 Å². The Morgan fingerprint density at radius 2 is 1.81 bits per heavy atom. The molecule has 1 fully saturated rings. The number of aliphatic hydroxyl groups is 1. The van der Waals surface area contributed by atoms with Gasteiger partial charge in [0.15, 0.2) is 5.65 Å². The zero-order valence-corrected chi connectivity index (χ0v) is 25.0. The minimum Gasteiger partial charge on any atom is -0.396 e. The number of aliphatic hydroxyl groups excluding tert-OH is 1. The Morgan fingerprint density at radius 1 is 1.09 bits per heavy atom. The first kappa shape index (κ1) is 30.3. The summed E-state index contributed by atoms with van der Waals surface area (Å²) in [4.78, 5) is 43.1. The van der Waals surface area contributed by atoms with Gasteiger partial charge in [-0.1, -0.05) is 31.2 Å². The molecule has 5 rings (SSSR count). The number of amides is 1. The third-order valence-electron chi connectivity index (χ3n) is 7.86. The number of hydrogen-bond acceptors (Lipinski definition) is 8. The molecule has 0 unspecified atom stereocenters. The van der Waals surface area contributed by atoms with Crippen molar-refractivity contribution in [2.24, 2.45) is 0 Å². The lowest BCUT2D eigenvalue weighted by atomic mass is 9.89. The lowest BCUT2D eigenvalue weighted by Gasteiger charge is -2.32. The monoisotopic (exact) mass is 584 g/mol. The van der Waals surface area contributed by atoms with Gasteiger partial charge in [0, 0.05) is 36.9 Å². The molecule has 0 atom stereocenters. The number of rotatable bonds is 11. The van der Waals surface area contributed by atoms with E-state index in [0.717, 1.165) is 56.7 Å². The third-order valence-corrected chi connectivity index (χ3v) is 7.86. The van der Waals surface area contributed by atoms with Gasteiger partial charge in [0.2, 0.25) is 11.4 Å². The van der Waals surface area contributed by atoms with Crippen LogP contribution >= 0.6 is 0 Å². The van der Waals surface area contributed by atoms with Crippen LogP contribution < -0.4 is 16.2 Å². The summed E-state index contributed by atoms with van der Waals surface area (Å²) in [5, 5.41) is 12.6. The Morgan fingerprint density at radius 3 is 2.47 bits per heavy atom. The second-order valence-corrected chi connectivity index (χ2v) is 11.2. The Hall–Kier alpha value is -4.12. The molecule has 2 aromatic carbocycles. The van der Waals surface area contributed by atoms with Crippen molar-refractivity contribution in [1.82, 2.24) is 24.9 Å². The fourth-order valence-corrected chi connectivity index (χ4v) is 5.40. The molecule has 2 aromatic heterocycles. The van der Waals surface area contributed by atoms with Crippen LogP contribution in [0.1, 0.15) is 67.4 Å². The molecule has 1 amide bonds. The maximum absolute atomic E-state index is 13.4. The molecule has 1 saturated heterocycles. The van der Waals surface area contributed by atoms with E-state index in [2.05, 4.69) is 39.7 Å². The number of aryl methyl sites for hydroxylation is 1. The number of carbonyl (C=O) groups is 1. The van der Waals surface area contributed by atoms with E-state index in [9.17, 15) is 9.59 Å². The van der Waals surface area contributed by atoms with Crippen molar-refractivity contribution in [2.75, 3.05) is 31.6 Å². The standard InChI is InChI=1S/C33H40N6O4/c1-4-23-6-12-27(13-7-23)39-21-29(32(42)37-43-22(2)3)30(41)28-20-34-33(36-31(28)39)35-26-10-8-24(9-11-26)25-14-17-38(18-15-25)16-5-19-40/h6-13,20-22,25,40H,4-5,14-19H2,1-3H3,(H,37,42)(H,34,35,36). The molecule has 0 saturated carbocycles. The van der Waals surface area contributed by atoms with E-state index in [1.807, 2.05) is 36.4 Å². The number of pyridine rings is 1. The average Bonchev–Trinajstić information content (AvgIpc) is 3.03. The van der Waals surface area contributed by atoms with Crippen LogP contribution in [0.25, 0.3) is 16.7 Å². The molecule has 3 heterocycles. The first-order valence-corrected chi connectivity index (χ1v) is 15.0. The van der Waals surface area contributed by atoms with Crippen LogP contribution in [0.4, 0.5) is 11.6 Å². The molecule has 43 heavy (non-hydrogen) atoms. The van der Waals surface area contributed by atoms with Crippen LogP contribution in [0, 0.1) is 0 Å². The summed E-state index contributed by atoms with van der Waals surface area (Å²) in [6.07, 6.45) is 6.65. The summed E-state index contributed by atoms with van der Waals surface area (Å²) >= 11 is 0. The van der Waals surface area contributed by atoms with Crippen molar-refractivity contribution in [3.63, 3.8) is 0 Å². The molecule has 3 N–H and O–H groups in total. The average molecular weight is 585 g/mol. The van der Waals surface area contributed by atoms with Gasteiger partial charge in [-0.25, -0.2) is 10.5 Å². The van der Waals surface area contributed by atoms with E-state index in [-0.39, 0.29) is 23.7 Å². The highest BCUT2D eigenvalue weighted by atomic mass is 16.7. The molecular formula is C33H40N6O4. The predicted molar refractivity (Wildman–Crippen MR) is 168 cm³/mol. The molecule has 10 heteroatoms. The minimum atomic E-state index is -0.627. The van der Waals surface area contributed by atoms with E-state index in [1.165, 1.54) is 23.5 Å². The number of fused-ring (bicyclic) bond motifs is 1. The van der Waals surface area contributed by atoms with Gasteiger partial charge in [-0.15, -0.1) is 0 Å². The lowest BCUT2D eigenvalue weighted by Crippen LogP contribution is -2.34. The largest absolute Gasteiger partial charge is 0.396 e. The Balaban J connectivity index is 1.41.